The SMILES string of the molecule is Cc1cccc(C)c1COc1ccc(CCCC(C)C)cc1. The summed E-state index contributed by atoms with van der Waals surface area (Å²) >= 11 is 0. The monoisotopic (exact) mass is 296 g/mol. The van der Waals surface area contributed by atoms with Crippen molar-refractivity contribution in [3.8, 4) is 5.75 Å². The molecule has 0 fully saturated rings. The average molecular weight is 296 g/mol. The van der Waals surface area contributed by atoms with Gasteiger partial charge >= 0.3 is 0 Å². The van der Waals surface area contributed by atoms with Gasteiger partial charge in [-0.25, -0.2) is 0 Å². The Balaban J connectivity index is 1.89. The van der Waals surface area contributed by atoms with E-state index in [1.807, 2.05) is 0 Å². The van der Waals surface area contributed by atoms with Crippen molar-refractivity contribution in [3.63, 3.8) is 0 Å². The van der Waals surface area contributed by atoms with E-state index in [0.29, 0.717) is 6.61 Å². The lowest BCUT2D eigenvalue weighted by atomic mass is 10.0. The molecule has 0 saturated carbocycles. The highest BCUT2D eigenvalue weighted by atomic mass is 16.5. The number of rotatable bonds is 7. The number of benzene rings is 2. The van der Waals surface area contributed by atoms with E-state index >= 15 is 0 Å². The van der Waals surface area contributed by atoms with Gasteiger partial charge in [-0.15, -0.1) is 0 Å². The lowest BCUT2D eigenvalue weighted by Crippen LogP contribution is -2.00. The van der Waals surface area contributed by atoms with Crippen molar-refractivity contribution >= 4 is 0 Å². The molecule has 0 radical (unpaired) electrons. The van der Waals surface area contributed by atoms with E-state index in [1.54, 1.807) is 0 Å². The predicted molar refractivity (Wildman–Crippen MR) is 94.5 cm³/mol. The number of ether oxygens (including phenoxy) is 1. The van der Waals surface area contributed by atoms with Crippen LogP contribution in [0.5, 0.6) is 5.75 Å². The molecule has 0 saturated heterocycles. The van der Waals surface area contributed by atoms with E-state index in [9.17, 15) is 0 Å². The zero-order valence-electron chi connectivity index (χ0n) is 14.4. The Morgan fingerprint density at radius 3 is 2.14 bits per heavy atom. The number of hydrogen-bond acceptors (Lipinski definition) is 1. The second-order valence-electron chi connectivity index (χ2n) is 6.59. The summed E-state index contributed by atoms with van der Waals surface area (Å²) in [6, 6.07) is 15.0. The average Bonchev–Trinajstić information content (AvgIpc) is 2.48. The summed E-state index contributed by atoms with van der Waals surface area (Å²) in [4.78, 5) is 0. The summed E-state index contributed by atoms with van der Waals surface area (Å²) in [6.07, 6.45) is 3.72. The summed E-state index contributed by atoms with van der Waals surface area (Å²) in [5, 5.41) is 0. The minimum Gasteiger partial charge on any atom is -0.489 e. The molecule has 1 heteroatoms. The molecule has 0 atom stereocenters. The Kier molecular flexibility index (Phi) is 6.06. The van der Waals surface area contributed by atoms with Gasteiger partial charge in [-0.2, -0.15) is 0 Å². The van der Waals surface area contributed by atoms with Crippen molar-refractivity contribution in [2.75, 3.05) is 0 Å². The van der Waals surface area contributed by atoms with Gasteiger partial charge in [0.05, 0.1) is 0 Å². The highest BCUT2D eigenvalue weighted by Crippen LogP contribution is 2.19. The van der Waals surface area contributed by atoms with Crippen molar-refractivity contribution in [2.45, 2.75) is 53.6 Å². The Morgan fingerprint density at radius 2 is 1.55 bits per heavy atom. The Bertz CT molecular complexity index is 561. The van der Waals surface area contributed by atoms with Crippen LogP contribution in [0.25, 0.3) is 0 Å². The van der Waals surface area contributed by atoms with E-state index in [2.05, 4.69) is 70.2 Å². The maximum absolute atomic E-state index is 5.95. The fraction of sp³-hybridized carbons (Fsp3) is 0.429. The third-order valence-electron chi connectivity index (χ3n) is 4.20. The van der Waals surface area contributed by atoms with Crippen LogP contribution in [-0.4, -0.2) is 0 Å². The van der Waals surface area contributed by atoms with Gasteiger partial charge in [0.1, 0.15) is 12.4 Å². The van der Waals surface area contributed by atoms with E-state index < -0.39 is 0 Å². The molecule has 0 bridgehead atoms. The van der Waals surface area contributed by atoms with E-state index in [4.69, 9.17) is 4.74 Å². The van der Waals surface area contributed by atoms with Gasteiger partial charge in [0.15, 0.2) is 0 Å². The van der Waals surface area contributed by atoms with E-state index in [1.165, 1.54) is 35.1 Å². The van der Waals surface area contributed by atoms with Gasteiger partial charge in [0.2, 0.25) is 0 Å². The molecule has 0 spiro atoms. The molecule has 2 aromatic carbocycles. The van der Waals surface area contributed by atoms with Crippen LogP contribution < -0.4 is 4.74 Å². The molecule has 2 rings (SSSR count). The molecular weight excluding hydrogens is 268 g/mol. The van der Waals surface area contributed by atoms with Crippen molar-refractivity contribution in [1.82, 2.24) is 0 Å². The minimum absolute atomic E-state index is 0.644. The third-order valence-corrected chi connectivity index (χ3v) is 4.20. The quantitative estimate of drug-likeness (QED) is 0.621. The summed E-state index contributed by atoms with van der Waals surface area (Å²) in [6.45, 7) is 9.49. The maximum Gasteiger partial charge on any atom is 0.119 e. The summed E-state index contributed by atoms with van der Waals surface area (Å²) in [5.41, 5.74) is 5.29. The molecule has 0 aliphatic heterocycles. The summed E-state index contributed by atoms with van der Waals surface area (Å²) in [5.74, 6) is 1.75. The van der Waals surface area contributed by atoms with Crippen LogP contribution in [0, 0.1) is 19.8 Å². The van der Waals surface area contributed by atoms with Crippen molar-refractivity contribution in [1.29, 1.82) is 0 Å². The lowest BCUT2D eigenvalue weighted by Gasteiger charge is -2.12. The van der Waals surface area contributed by atoms with Crippen LogP contribution >= 0.6 is 0 Å². The van der Waals surface area contributed by atoms with Gasteiger partial charge in [-0.3, -0.25) is 0 Å². The van der Waals surface area contributed by atoms with Crippen LogP contribution in [0.2, 0.25) is 0 Å². The molecule has 0 unspecified atom stereocenters. The molecule has 118 valence electrons. The minimum atomic E-state index is 0.644. The van der Waals surface area contributed by atoms with Crippen LogP contribution in [-0.2, 0) is 13.0 Å². The normalized spacial score (nSPS) is 11.0. The highest BCUT2D eigenvalue weighted by Gasteiger charge is 2.03. The molecule has 0 heterocycles. The topological polar surface area (TPSA) is 9.23 Å². The van der Waals surface area contributed by atoms with Crippen LogP contribution in [0.4, 0.5) is 0 Å². The first-order valence-corrected chi connectivity index (χ1v) is 8.33. The second kappa shape index (κ2) is 8.03. The number of hydrogen-bond donors (Lipinski definition) is 0. The smallest absolute Gasteiger partial charge is 0.119 e. The Labute approximate surface area is 135 Å². The van der Waals surface area contributed by atoms with E-state index in [0.717, 1.165) is 18.1 Å². The molecule has 1 nitrogen and oxygen atoms in total. The maximum atomic E-state index is 5.95. The van der Waals surface area contributed by atoms with Gasteiger partial charge in [-0.1, -0.05) is 50.6 Å². The molecule has 0 aromatic heterocycles. The van der Waals surface area contributed by atoms with Gasteiger partial charge < -0.3 is 4.74 Å². The highest BCUT2D eigenvalue weighted by molar-refractivity contribution is 5.34. The van der Waals surface area contributed by atoms with Gasteiger partial charge in [-0.05, 0) is 67.0 Å². The van der Waals surface area contributed by atoms with Crippen molar-refractivity contribution < 1.29 is 4.74 Å². The van der Waals surface area contributed by atoms with E-state index in [-0.39, 0.29) is 0 Å². The summed E-state index contributed by atoms with van der Waals surface area (Å²) in [7, 11) is 0. The van der Waals surface area contributed by atoms with Gasteiger partial charge in [0.25, 0.3) is 0 Å². The first-order valence-electron chi connectivity index (χ1n) is 8.33. The van der Waals surface area contributed by atoms with Gasteiger partial charge in [0, 0.05) is 0 Å². The largest absolute Gasteiger partial charge is 0.489 e. The second-order valence-corrected chi connectivity index (χ2v) is 6.59. The van der Waals surface area contributed by atoms with Crippen molar-refractivity contribution in [3.05, 3.63) is 64.7 Å². The fourth-order valence-electron chi connectivity index (χ4n) is 2.70. The molecule has 0 amide bonds. The zero-order chi connectivity index (χ0) is 15.9. The molecule has 0 N–H and O–H groups in total. The first kappa shape index (κ1) is 16.6. The first-order chi connectivity index (χ1) is 10.6. The van der Waals surface area contributed by atoms with Crippen LogP contribution in [0.1, 0.15) is 48.9 Å². The van der Waals surface area contributed by atoms with Crippen LogP contribution in [0.3, 0.4) is 0 Å². The fourth-order valence-corrected chi connectivity index (χ4v) is 2.70. The molecule has 22 heavy (non-hydrogen) atoms. The molecule has 2 aromatic rings. The standard InChI is InChI=1S/C21H28O/c1-16(2)7-5-10-19-11-13-20(14-12-19)22-15-21-17(3)8-6-9-18(21)4/h6,8-9,11-14,16H,5,7,10,15H2,1-4H3. The lowest BCUT2D eigenvalue weighted by molar-refractivity contribution is 0.304. The van der Waals surface area contributed by atoms with Crippen LogP contribution in [0.15, 0.2) is 42.5 Å². The van der Waals surface area contributed by atoms with Crippen molar-refractivity contribution in [2.24, 2.45) is 5.92 Å². The number of aryl methyl sites for hydroxylation is 3. The Hall–Kier alpha value is -1.76. The molecule has 0 aliphatic rings. The molecular formula is C21H28O. The molecule has 0 aliphatic carbocycles. The Morgan fingerprint density at radius 1 is 0.909 bits per heavy atom. The zero-order valence-corrected chi connectivity index (χ0v) is 14.4. The summed E-state index contributed by atoms with van der Waals surface area (Å²) < 4.78 is 5.95. The predicted octanol–water partition coefficient (Wildman–Crippen LogP) is 5.86. The third kappa shape index (κ3) is 4.91.